The molecule has 1 N–H and O–H groups in total. The summed E-state index contributed by atoms with van der Waals surface area (Å²) in [5.74, 6) is 0.0792. The van der Waals surface area contributed by atoms with Crippen LogP contribution in [-0.2, 0) is 0 Å². The number of nitrogens with zero attached hydrogens (tertiary/aromatic N) is 2. The van der Waals surface area contributed by atoms with E-state index in [2.05, 4.69) is 16.4 Å². The number of anilines is 1. The Morgan fingerprint density at radius 1 is 1.12 bits per heavy atom. The number of allylic oxidation sites excluding steroid dienone is 1. The molecule has 0 unspecified atom stereocenters. The number of pyridine rings is 1. The van der Waals surface area contributed by atoms with Gasteiger partial charge in [-0.15, -0.1) is 0 Å². The highest BCUT2D eigenvalue weighted by atomic mass is 16.2. The second-order valence-corrected chi connectivity index (χ2v) is 6.92. The molecule has 130 valence electrons. The molecule has 1 aliphatic carbocycles. The van der Waals surface area contributed by atoms with E-state index in [1.807, 2.05) is 17.0 Å². The molecule has 2 aliphatic rings. The Balaban J connectivity index is 1.54. The van der Waals surface area contributed by atoms with Gasteiger partial charge in [0.2, 0.25) is 0 Å². The number of aromatic nitrogens is 1. The third kappa shape index (κ3) is 4.83. The van der Waals surface area contributed by atoms with Gasteiger partial charge in [0.05, 0.1) is 0 Å². The predicted octanol–water partition coefficient (Wildman–Crippen LogP) is 4.40. The summed E-state index contributed by atoms with van der Waals surface area (Å²) in [6.45, 7) is 2.66. The number of carbonyl (C=O) groups is 1. The van der Waals surface area contributed by atoms with Crippen molar-refractivity contribution in [1.82, 2.24) is 9.88 Å². The van der Waals surface area contributed by atoms with E-state index in [9.17, 15) is 4.79 Å². The Morgan fingerprint density at radius 2 is 1.96 bits per heavy atom. The molecule has 0 aromatic carbocycles. The molecular weight excluding hydrogens is 298 g/mol. The maximum Gasteiger partial charge on any atom is 0.272 e. The number of carbonyl (C=O) groups excluding carboxylic acids is 1. The molecule has 0 radical (unpaired) electrons. The van der Waals surface area contributed by atoms with Crippen LogP contribution in [0, 0.1) is 0 Å². The molecule has 0 bridgehead atoms. The van der Waals surface area contributed by atoms with Crippen molar-refractivity contribution in [1.29, 1.82) is 0 Å². The van der Waals surface area contributed by atoms with Gasteiger partial charge in [-0.3, -0.25) is 9.78 Å². The Morgan fingerprint density at radius 3 is 2.71 bits per heavy atom. The van der Waals surface area contributed by atoms with E-state index in [1.165, 1.54) is 38.5 Å². The smallest absolute Gasteiger partial charge is 0.272 e. The van der Waals surface area contributed by atoms with Crippen molar-refractivity contribution in [3.8, 4) is 0 Å². The summed E-state index contributed by atoms with van der Waals surface area (Å²) in [6.07, 6.45) is 15.1. The summed E-state index contributed by atoms with van der Waals surface area (Å²) in [6, 6.07) is 3.86. The maximum absolute atomic E-state index is 12.7. The molecule has 4 heteroatoms. The summed E-state index contributed by atoms with van der Waals surface area (Å²) < 4.78 is 0. The van der Waals surface area contributed by atoms with Gasteiger partial charge in [0.25, 0.3) is 5.91 Å². The van der Waals surface area contributed by atoms with Crippen molar-refractivity contribution in [2.75, 3.05) is 25.0 Å². The minimum absolute atomic E-state index is 0.0792. The standard InChI is InChI=1S/C20H29N3O/c24-20(23-14-6-1-2-7-15-23)19-16-18(11-13-22-19)21-12-10-17-8-4-3-5-9-17/h8,11,13,16H,1-7,9-10,12,14-15H2,(H,21,22). The minimum Gasteiger partial charge on any atom is -0.385 e. The normalized spacial score (nSPS) is 18.7. The second-order valence-electron chi connectivity index (χ2n) is 6.92. The summed E-state index contributed by atoms with van der Waals surface area (Å²) in [5.41, 5.74) is 3.14. The third-order valence-electron chi connectivity index (χ3n) is 5.03. The van der Waals surface area contributed by atoms with Crippen LogP contribution in [-0.4, -0.2) is 35.4 Å². The van der Waals surface area contributed by atoms with Gasteiger partial charge in [-0.25, -0.2) is 0 Å². The largest absolute Gasteiger partial charge is 0.385 e. The zero-order valence-corrected chi connectivity index (χ0v) is 14.6. The van der Waals surface area contributed by atoms with E-state index in [0.29, 0.717) is 5.69 Å². The first-order valence-electron chi connectivity index (χ1n) is 9.50. The topological polar surface area (TPSA) is 45.2 Å². The molecule has 1 saturated heterocycles. The van der Waals surface area contributed by atoms with Gasteiger partial charge in [0, 0.05) is 31.5 Å². The molecule has 3 rings (SSSR count). The van der Waals surface area contributed by atoms with Crippen molar-refractivity contribution in [3.05, 3.63) is 35.7 Å². The quantitative estimate of drug-likeness (QED) is 0.815. The number of amides is 1. The highest BCUT2D eigenvalue weighted by molar-refractivity contribution is 5.93. The van der Waals surface area contributed by atoms with Crippen LogP contribution in [0.4, 0.5) is 5.69 Å². The Bertz CT molecular complexity index is 574. The number of likely N-dealkylation sites (tertiary alicyclic amines) is 1. The van der Waals surface area contributed by atoms with Crippen LogP contribution in [0.2, 0.25) is 0 Å². The van der Waals surface area contributed by atoms with Crippen LogP contribution in [0.5, 0.6) is 0 Å². The van der Waals surface area contributed by atoms with Gasteiger partial charge in [-0.2, -0.15) is 0 Å². The van der Waals surface area contributed by atoms with Crippen molar-refractivity contribution in [2.24, 2.45) is 0 Å². The number of hydrogen-bond donors (Lipinski definition) is 1. The van der Waals surface area contributed by atoms with E-state index in [4.69, 9.17) is 0 Å². The van der Waals surface area contributed by atoms with Crippen LogP contribution in [0.1, 0.15) is 68.3 Å². The monoisotopic (exact) mass is 327 g/mol. The average Bonchev–Trinajstić information content (AvgIpc) is 2.92. The molecule has 0 saturated carbocycles. The van der Waals surface area contributed by atoms with Crippen LogP contribution in [0.25, 0.3) is 0 Å². The molecule has 1 aromatic heterocycles. The molecule has 1 aliphatic heterocycles. The first kappa shape index (κ1) is 17.0. The third-order valence-corrected chi connectivity index (χ3v) is 5.03. The summed E-state index contributed by atoms with van der Waals surface area (Å²) in [4.78, 5) is 18.9. The maximum atomic E-state index is 12.7. The zero-order valence-electron chi connectivity index (χ0n) is 14.6. The minimum atomic E-state index is 0.0792. The fourth-order valence-electron chi connectivity index (χ4n) is 3.59. The van der Waals surface area contributed by atoms with Crippen molar-refractivity contribution >= 4 is 11.6 Å². The summed E-state index contributed by atoms with van der Waals surface area (Å²) in [7, 11) is 0. The van der Waals surface area contributed by atoms with Crippen molar-refractivity contribution in [3.63, 3.8) is 0 Å². The molecule has 4 nitrogen and oxygen atoms in total. The van der Waals surface area contributed by atoms with Gasteiger partial charge in [-0.1, -0.05) is 24.5 Å². The number of hydrogen-bond acceptors (Lipinski definition) is 3. The van der Waals surface area contributed by atoms with Crippen molar-refractivity contribution < 1.29 is 4.79 Å². The van der Waals surface area contributed by atoms with Crippen LogP contribution in [0.15, 0.2) is 30.0 Å². The highest BCUT2D eigenvalue weighted by Crippen LogP contribution is 2.20. The zero-order chi connectivity index (χ0) is 16.6. The SMILES string of the molecule is O=C(c1cc(NCCC2=CCCCC2)ccn1)N1CCCCCC1. The lowest BCUT2D eigenvalue weighted by Crippen LogP contribution is -2.32. The number of nitrogens with one attached hydrogen (secondary N) is 1. The average molecular weight is 327 g/mol. The second kappa shape index (κ2) is 8.86. The van der Waals surface area contributed by atoms with E-state index < -0.39 is 0 Å². The highest BCUT2D eigenvalue weighted by Gasteiger charge is 2.18. The van der Waals surface area contributed by atoms with E-state index in [-0.39, 0.29) is 5.91 Å². The molecular formula is C20H29N3O. The first-order chi connectivity index (χ1) is 11.8. The molecule has 2 heterocycles. The van der Waals surface area contributed by atoms with Gasteiger partial charge in [0.15, 0.2) is 0 Å². The first-order valence-corrected chi connectivity index (χ1v) is 9.50. The molecule has 0 atom stereocenters. The van der Waals surface area contributed by atoms with E-state index in [0.717, 1.165) is 44.6 Å². The number of rotatable bonds is 5. The van der Waals surface area contributed by atoms with Crippen LogP contribution < -0.4 is 5.32 Å². The van der Waals surface area contributed by atoms with Crippen LogP contribution in [0.3, 0.4) is 0 Å². The van der Waals surface area contributed by atoms with Gasteiger partial charge in [-0.05, 0) is 57.1 Å². The lowest BCUT2D eigenvalue weighted by Gasteiger charge is -2.20. The van der Waals surface area contributed by atoms with Gasteiger partial charge < -0.3 is 10.2 Å². The molecule has 1 amide bonds. The summed E-state index contributed by atoms with van der Waals surface area (Å²) >= 11 is 0. The molecule has 1 aromatic rings. The molecule has 0 spiro atoms. The molecule has 24 heavy (non-hydrogen) atoms. The van der Waals surface area contributed by atoms with E-state index in [1.54, 1.807) is 11.8 Å². The Kier molecular flexibility index (Phi) is 6.27. The lowest BCUT2D eigenvalue weighted by atomic mass is 9.97. The predicted molar refractivity (Wildman–Crippen MR) is 98.3 cm³/mol. The van der Waals surface area contributed by atoms with Gasteiger partial charge >= 0.3 is 0 Å². The lowest BCUT2D eigenvalue weighted by molar-refractivity contribution is 0.0756. The fraction of sp³-hybridized carbons (Fsp3) is 0.600. The van der Waals surface area contributed by atoms with Gasteiger partial charge in [0.1, 0.15) is 5.69 Å². The van der Waals surface area contributed by atoms with Crippen molar-refractivity contribution in [2.45, 2.75) is 57.8 Å². The van der Waals surface area contributed by atoms with Crippen LogP contribution >= 0.6 is 0 Å². The Labute approximate surface area is 145 Å². The summed E-state index contributed by atoms with van der Waals surface area (Å²) in [5, 5.41) is 3.45. The Hall–Kier alpha value is -1.84. The fourth-order valence-corrected chi connectivity index (χ4v) is 3.59. The molecule has 1 fully saturated rings. The van der Waals surface area contributed by atoms with E-state index >= 15 is 0 Å².